The highest BCUT2D eigenvalue weighted by Gasteiger charge is 2.31. The fraction of sp³-hybridized carbons (Fsp3) is 0.471. The van der Waals surface area contributed by atoms with Crippen molar-refractivity contribution < 1.29 is 9.53 Å². The molecule has 1 saturated heterocycles. The van der Waals surface area contributed by atoms with Gasteiger partial charge in [-0.05, 0) is 25.0 Å². The van der Waals surface area contributed by atoms with E-state index in [1.165, 1.54) is 11.8 Å². The fourth-order valence-corrected chi connectivity index (χ4v) is 4.53. The van der Waals surface area contributed by atoms with Crippen LogP contribution in [0.2, 0.25) is 0 Å². The first-order chi connectivity index (χ1) is 11.2. The number of benzene rings is 1. The molecule has 23 heavy (non-hydrogen) atoms. The predicted octanol–water partition coefficient (Wildman–Crippen LogP) is 2.92. The van der Waals surface area contributed by atoms with Gasteiger partial charge in [0.15, 0.2) is 5.16 Å². The lowest BCUT2D eigenvalue weighted by molar-refractivity contribution is -0.137. The number of carbonyl (C=O) groups excluding carboxylic acids is 1. The molecule has 1 aliphatic carbocycles. The molecular formula is C17H18N2O3S. The molecule has 6 heteroatoms. The Kier molecular flexibility index (Phi) is 3.85. The Morgan fingerprint density at radius 2 is 1.91 bits per heavy atom. The third-order valence-corrected chi connectivity index (χ3v) is 5.81. The van der Waals surface area contributed by atoms with Crippen LogP contribution in [0, 0.1) is 0 Å². The van der Waals surface area contributed by atoms with Crippen LogP contribution in [0.25, 0.3) is 10.9 Å². The Morgan fingerprint density at radius 3 is 2.65 bits per heavy atom. The minimum atomic E-state index is -0.254. The number of hydrogen-bond donors (Lipinski definition) is 0. The van der Waals surface area contributed by atoms with Crippen molar-refractivity contribution in [1.29, 1.82) is 0 Å². The van der Waals surface area contributed by atoms with Crippen molar-refractivity contribution in [1.82, 2.24) is 9.55 Å². The molecule has 2 aromatic rings. The van der Waals surface area contributed by atoms with Crippen molar-refractivity contribution >= 4 is 28.6 Å². The van der Waals surface area contributed by atoms with Crippen LogP contribution in [0.15, 0.2) is 34.2 Å². The largest absolute Gasteiger partial charge is 0.465 e. The number of aromatic nitrogens is 2. The van der Waals surface area contributed by atoms with E-state index in [-0.39, 0.29) is 22.8 Å². The van der Waals surface area contributed by atoms with Gasteiger partial charge in [-0.1, -0.05) is 36.7 Å². The maximum atomic E-state index is 13.0. The monoisotopic (exact) mass is 330 g/mol. The Balaban J connectivity index is 1.84. The Bertz CT molecular complexity index is 811. The van der Waals surface area contributed by atoms with E-state index in [2.05, 4.69) is 0 Å². The highest BCUT2D eigenvalue weighted by Crippen LogP contribution is 2.35. The lowest BCUT2D eigenvalue weighted by atomic mass is 10.2. The summed E-state index contributed by atoms with van der Waals surface area (Å²) in [6.45, 7) is 0.456. The van der Waals surface area contributed by atoms with Crippen LogP contribution in [0.5, 0.6) is 0 Å². The Hall–Kier alpha value is -1.82. The second-order valence-corrected chi connectivity index (χ2v) is 7.26. The summed E-state index contributed by atoms with van der Waals surface area (Å²) in [6.07, 6.45) is 4.96. The number of fused-ring (bicyclic) bond motifs is 1. The first-order valence-electron chi connectivity index (χ1n) is 8.08. The number of ether oxygens (including phenoxy) is 1. The molecule has 0 spiro atoms. The number of thioether (sulfide) groups is 1. The molecular weight excluding hydrogens is 312 g/mol. The summed E-state index contributed by atoms with van der Waals surface area (Å²) in [5, 5.41) is 1.05. The smallest absolute Gasteiger partial charge is 0.319 e. The quantitative estimate of drug-likeness (QED) is 0.640. The molecule has 1 atom stereocenters. The standard InChI is InChI=1S/C17H18N2O3S/c20-15-12-7-3-4-8-13(12)18-17(19(15)11-5-1-2-6-11)23-14-9-10-22-16(14)21/h3-4,7-8,11,14H,1-2,5-6,9-10H2. The maximum absolute atomic E-state index is 13.0. The van der Waals surface area contributed by atoms with Gasteiger partial charge >= 0.3 is 5.97 Å². The van der Waals surface area contributed by atoms with Gasteiger partial charge < -0.3 is 4.74 Å². The number of nitrogens with zero attached hydrogens (tertiary/aromatic N) is 2. The molecule has 0 radical (unpaired) electrons. The summed E-state index contributed by atoms with van der Waals surface area (Å²) in [5.41, 5.74) is 0.706. The maximum Gasteiger partial charge on any atom is 0.319 e. The van der Waals surface area contributed by atoms with Crippen molar-refractivity contribution in [3.05, 3.63) is 34.6 Å². The van der Waals surface area contributed by atoms with Crippen LogP contribution in [-0.4, -0.2) is 27.4 Å². The number of para-hydroxylation sites is 1. The van der Waals surface area contributed by atoms with E-state index in [0.717, 1.165) is 25.7 Å². The minimum Gasteiger partial charge on any atom is -0.465 e. The summed E-state index contributed by atoms with van der Waals surface area (Å²) in [7, 11) is 0. The van der Waals surface area contributed by atoms with Crippen LogP contribution in [0.3, 0.4) is 0 Å². The van der Waals surface area contributed by atoms with Gasteiger partial charge in [0, 0.05) is 12.5 Å². The molecule has 1 aliphatic heterocycles. The number of rotatable bonds is 3. The van der Waals surface area contributed by atoms with Crippen molar-refractivity contribution in [3.63, 3.8) is 0 Å². The zero-order valence-corrected chi connectivity index (χ0v) is 13.6. The van der Waals surface area contributed by atoms with Crippen LogP contribution < -0.4 is 5.56 Å². The van der Waals surface area contributed by atoms with Gasteiger partial charge in [-0.15, -0.1) is 0 Å². The second kappa shape index (κ2) is 6.00. The number of esters is 1. The second-order valence-electron chi connectivity index (χ2n) is 6.09. The SMILES string of the molecule is O=C1OCCC1Sc1nc2ccccc2c(=O)n1C1CCCC1. The first kappa shape index (κ1) is 14.8. The molecule has 2 aliphatic rings. The van der Waals surface area contributed by atoms with Crippen LogP contribution >= 0.6 is 11.8 Å². The number of carbonyl (C=O) groups is 1. The number of hydrogen-bond acceptors (Lipinski definition) is 5. The van der Waals surface area contributed by atoms with Crippen molar-refractivity contribution in [2.75, 3.05) is 6.61 Å². The van der Waals surface area contributed by atoms with E-state index < -0.39 is 0 Å². The molecule has 0 N–H and O–H groups in total. The topological polar surface area (TPSA) is 61.2 Å². The van der Waals surface area contributed by atoms with Gasteiger partial charge in [0.1, 0.15) is 5.25 Å². The van der Waals surface area contributed by atoms with Gasteiger partial charge in [-0.3, -0.25) is 14.2 Å². The third-order valence-electron chi connectivity index (χ3n) is 4.60. The van der Waals surface area contributed by atoms with E-state index in [0.29, 0.717) is 29.1 Å². The lowest BCUT2D eigenvalue weighted by Gasteiger charge is -2.19. The summed E-state index contributed by atoms with van der Waals surface area (Å²) in [6, 6.07) is 7.62. The average Bonchev–Trinajstić information content (AvgIpc) is 3.20. The van der Waals surface area contributed by atoms with Crippen LogP contribution in [0.4, 0.5) is 0 Å². The molecule has 2 heterocycles. The van der Waals surface area contributed by atoms with E-state index in [9.17, 15) is 9.59 Å². The fourth-order valence-electron chi connectivity index (χ4n) is 3.40. The molecule has 2 fully saturated rings. The molecule has 5 nitrogen and oxygen atoms in total. The van der Waals surface area contributed by atoms with E-state index in [1.54, 1.807) is 0 Å². The Labute approximate surface area is 138 Å². The summed E-state index contributed by atoms with van der Waals surface area (Å²) < 4.78 is 6.87. The van der Waals surface area contributed by atoms with Crippen molar-refractivity contribution in [2.45, 2.75) is 48.6 Å². The van der Waals surface area contributed by atoms with Gasteiger partial charge in [-0.2, -0.15) is 0 Å². The molecule has 1 aromatic heterocycles. The molecule has 0 amide bonds. The molecule has 1 unspecified atom stereocenters. The average molecular weight is 330 g/mol. The predicted molar refractivity (Wildman–Crippen MR) is 88.7 cm³/mol. The van der Waals surface area contributed by atoms with Crippen LogP contribution in [-0.2, 0) is 9.53 Å². The summed E-state index contributed by atoms with van der Waals surface area (Å²) in [5.74, 6) is -0.199. The molecule has 0 bridgehead atoms. The molecule has 120 valence electrons. The van der Waals surface area contributed by atoms with Crippen LogP contribution in [0.1, 0.15) is 38.1 Å². The van der Waals surface area contributed by atoms with E-state index in [1.807, 2.05) is 28.8 Å². The molecule has 1 saturated carbocycles. The van der Waals surface area contributed by atoms with Gasteiger partial charge in [0.2, 0.25) is 0 Å². The molecule has 1 aromatic carbocycles. The van der Waals surface area contributed by atoms with Crippen molar-refractivity contribution in [3.8, 4) is 0 Å². The van der Waals surface area contributed by atoms with E-state index in [4.69, 9.17) is 9.72 Å². The molecule has 4 rings (SSSR count). The van der Waals surface area contributed by atoms with Gasteiger partial charge in [0.05, 0.1) is 17.5 Å². The first-order valence-corrected chi connectivity index (χ1v) is 8.96. The van der Waals surface area contributed by atoms with Gasteiger partial charge in [-0.25, -0.2) is 4.98 Å². The normalized spacial score (nSPS) is 21.9. The lowest BCUT2D eigenvalue weighted by Crippen LogP contribution is -2.27. The highest BCUT2D eigenvalue weighted by molar-refractivity contribution is 8.00. The Morgan fingerprint density at radius 1 is 1.13 bits per heavy atom. The third kappa shape index (κ3) is 2.65. The van der Waals surface area contributed by atoms with Crippen molar-refractivity contribution in [2.24, 2.45) is 0 Å². The zero-order chi connectivity index (χ0) is 15.8. The summed E-state index contributed by atoms with van der Waals surface area (Å²) >= 11 is 1.38. The number of cyclic esters (lactones) is 1. The highest BCUT2D eigenvalue weighted by atomic mass is 32.2. The van der Waals surface area contributed by atoms with E-state index >= 15 is 0 Å². The van der Waals surface area contributed by atoms with Gasteiger partial charge in [0.25, 0.3) is 5.56 Å². The summed E-state index contributed by atoms with van der Waals surface area (Å²) in [4.78, 5) is 29.5. The zero-order valence-electron chi connectivity index (χ0n) is 12.7. The minimum absolute atomic E-state index is 0.0105.